The summed E-state index contributed by atoms with van der Waals surface area (Å²) in [6.07, 6.45) is 2.62. The number of amides is 2. The molecular weight excluding hydrogens is 276 g/mol. The molecule has 2 aliphatic rings. The van der Waals surface area contributed by atoms with E-state index < -0.39 is 5.41 Å². The molecule has 118 valence electrons. The van der Waals surface area contributed by atoms with E-state index in [0.29, 0.717) is 6.42 Å². The number of carbonyl (C=O) groups excluding carboxylic acids is 2. The molecule has 0 saturated carbocycles. The van der Waals surface area contributed by atoms with Crippen LogP contribution < -0.4 is 5.32 Å². The van der Waals surface area contributed by atoms with Gasteiger partial charge in [0.05, 0.1) is 11.8 Å². The molecule has 0 aliphatic carbocycles. The highest BCUT2D eigenvalue weighted by Gasteiger charge is 2.38. The Morgan fingerprint density at radius 3 is 2.68 bits per heavy atom. The lowest BCUT2D eigenvalue weighted by molar-refractivity contribution is -0.131. The van der Waals surface area contributed by atoms with Gasteiger partial charge in [0, 0.05) is 18.8 Å². The normalized spacial score (nSPS) is 20.7. The van der Waals surface area contributed by atoms with Crippen LogP contribution >= 0.6 is 0 Å². The van der Waals surface area contributed by atoms with Crippen molar-refractivity contribution >= 4 is 17.5 Å². The van der Waals surface area contributed by atoms with Crippen LogP contribution in [0.15, 0.2) is 18.2 Å². The Morgan fingerprint density at radius 1 is 1.32 bits per heavy atom. The topological polar surface area (TPSA) is 49.4 Å². The van der Waals surface area contributed by atoms with Crippen molar-refractivity contribution in [1.82, 2.24) is 4.90 Å². The van der Waals surface area contributed by atoms with Crippen molar-refractivity contribution in [2.45, 2.75) is 45.4 Å². The van der Waals surface area contributed by atoms with Crippen molar-refractivity contribution in [3.63, 3.8) is 0 Å². The van der Waals surface area contributed by atoms with Crippen molar-refractivity contribution in [1.29, 1.82) is 0 Å². The maximum absolute atomic E-state index is 12.4. The standard InChI is InChI=1S/C18H24N2O2/c1-12-6-8-20(9-7-12)16(21)11-13-4-5-15-14(10-13)18(2,3)17(22)19-15/h4-5,10,12H,6-9,11H2,1-3H3,(H,19,22). The van der Waals surface area contributed by atoms with Gasteiger partial charge >= 0.3 is 0 Å². The van der Waals surface area contributed by atoms with Crippen molar-refractivity contribution in [3.8, 4) is 0 Å². The number of likely N-dealkylation sites (tertiary alicyclic amines) is 1. The number of piperidine rings is 1. The van der Waals surface area contributed by atoms with Gasteiger partial charge in [-0.15, -0.1) is 0 Å². The van der Waals surface area contributed by atoms with Gasteiger partial charge < -0.3 is 10.2 Å². The molecular formula is C18H24N2O2. The summed E-state index contributed by atoms with van der Waals surface area (Å²) in [5.41, 5.74) is 2.34. The first-order valence-electron chi connectivity index (χ1n) is 8.10. The van der Waals surface area contributed by atoms with Crippen LogP contribution in [0, 0.1) is 5.92 Å². The Kier molecular flexibility index (Phi) is 3.71. The minimum Gasteiger partial charge on any atom is -0.342 e. The van der Waals surface area contributed by atoms with Crippen LogP contribution in [-0.4, -0.2) is 29.8 Å². The van der Waals surface area contributed by atoms with E-state index >= 15 is 0 Å². The second kappa shape index (κ2) is 5.41. The first-order chi connectivity index (χ1) is 10.4. The van der Waals surface area contributed by atoms with Gasteiger partial charge in [-0.2, -0.15) is 0 Å². The summed E-state index contributed by atoms with van der Waals surface area (Å²) in [4.78, 5) is 26.4. The monoisotopic (exact) mass is 300 g/mol. The number of benzene rings is 1. The molecule has 3 rings (SSSR count). The van der Waals surface area contributed by atoms with Crippen LogP contribution in [0.2, 0.25) is 0 Å². The summed E-state index contributed by atoms with van der Waals surface area (Å²) < 4.78 is 0. The molecule has 2 amide bonds. The molecule has 0 aromatic heterocycles. The third-order valence-electron chi connectivity index (χ3n) is 5.06. The number of fused-ring (bicyclic) bond motifs is 1. The molecule has 22 heavy (non-hydrogen) atoms. The van der Waals surface area contributed by atoms with Gasteiger partial charge in [0.1, 0.15) is 0 Å². The summed E-state index contributed by atoms with van der Waals surface area (Å²) >= 11 is 0. The maximum Gasteiger partial charge on any atom is 0.234 e. The van der Waals surface area contributed by atoms with Gasteiger partial charge in [-0.1, -0.05) is 19.1 Å². The smallest absolute Gasteiger partial charge is 0.234 e. The molecule has 1 fully saturated rings. The fraction of sp³-hybridized carbons (Fsp3) is 0.556. The zero-order valence-corrected chi connectivity index (χ0v) is 13.6. The van der Waals surface area contributed by atoms with Gasteiger partial charge in [0.2, 0.25) is 11.8 Å². The predicted molar refractivity (Wildman–Crippen MR) is 86.8 cm³/mol. The summed E-state index contributed by atoms with van der Waals surface area (Å²) in [6.45, 7) is 7.83. The Morgan fingerprint density at radius 2 is 2.00 bits per heavy atom. The lowest BCUT2D eigenvalue weighted by Gasteiger charge is -2.30. The van der Waals surface area contributed by atoms with Crippen LogP contribution in [0.4, 0.5) is 5.69 Å². The zero-order chi connectivity index (χ0) is 15.9. The number of nitrogens with one attached hydrogen (secondary N) is 1. The summed E-state index contributed by atoms with van der Waals surface area (Å²) in [5, 5.41) is 2.90. The second-order valence-electron chi connectivity index (χ2n) is 7.20. The van der Waals surface area contributed by atoms with Crippen molar-refractivity contribution in [2.24, 2.45) is 5.92 Å². The fourth-order valence-corrected chi connectivity index (χ4v) is 3.27. The molecule has 4 nitrogen and oxygen atoms in total. The molecule has 1 aromatic carbocycles. The quantitative estimate of drug-likeness (QED) is 0.913. The highest BCUT2D eigenvalue weighted by molar-refractivity contribution is 6.05. The number of hydrogen-bond donors (Lipinski definition) is 1. The predicted octanol–water partition coefficient (Wildman–Crippen LogP) is 2.72. The number of hydrogen-bond acceptors (Lipinski definition) is 2. The lowest BCUT2D eigenvalue weighted by Crippen LogP contribution is -2.38. The van der Waals surface area contributed by atoms with Crippen LogP contribution in [0.1, 0.15) is 44.7 Å². The minimum atomic E-state index is -0.519. The minimum absolute atomic E-state index is 0.0241. The molecule has 2 heterocycles. The molecule has 0 atom stereocenters. The van der Waals surface area contributed by atoms with Crippen LogP contribution in [0.5, 0.6) is 0 Å². The van der Waals surface area contributed by atoms with E-state index in [0.717, 1.165) is 48.7 Å². The molecule has 0 unspecified atom stereocenters. The van der Waals surface area contributed by atoms with Crippen molar-refractivity contribution < 1.29 is 9.59 Å². The van der Waals surface area contributed by atoms with Gasteiger partial charge in [-0.25, -0.2) is 0 Å². The number of rotatable bonds is 2. The lowest BCUT2D eigenvalue weighted by atomic mass is 9.85. The van der Waals surface area contributed by atoms with E-state index in [2.05, 4.69) is 12.2 Å². The van der Waals surface area contributed by atoms with E-state index in [1.807, 2.05) is 36.9 Å². The summed E-state index contributed by atoms with van der Waals surface area (Å²) in [6, 6.07) is 5.88. The highest BCUT2D eigenvalue weighted by atomic mass is 16.2. The molecule has 4 heteroatoms. The van der Waals surface area contributed by atoms with E-state index in [1.54, 1.807) is 0 Å². The van der Waals surface area contributed by atoms with E-state index in [9.17, 15) is 9.59 Å². The van der Waals surface area contributed by atoms with Crippen LogP contribution in [0.25, 0.3) is 0 Å². The SMILES string of the molecule is CC1CCN(C(=O)Cc2ccc3c(c2)C(C)(C)C(=O)N3)CC1. The Bertz CT molecular complexity index is 614. The Hall–Kier alpha value is -1.84. The van der Waals surface area contributed by atoms with E-state index in [4.69, 9.17) is 0 Å². The third kappa shape index (κ3) is 2.62. The van der Waals surface area contributed by atoms with Gasteiger partial charge in [-0.3, -0.25) is 9.59 Å². The van der Waals surface area contributed by atoms with Gasteiger partial charge in [0.25, 0.3) is 0 Å². The largest absolute Gasteiger partial charge is 0.342 e. The highest BCUT2D eigenvalue weighted by Crippen LogP contribution is 2.37. The fourth-order valence-electron chi connectivity index (χ4n) is 3.27. The average Bonchev–Trinajstić information content (AvgIpc) is 2.70. The summed E-state index contributed by atoms with van der Waals surface area (Å²) in [5.74, 6) is 0.944. The van der Waals surface area contributed by atoms with E-state index in [1.165, 1.54) is 0 Å². The van der Waals surface area contributed by atoms with Crippen molar-refractivity contribution in [2.75, 3.05) is 18.4 Å². The molecule has 0 spiro atoms. The average molecular weight is 300 g/mol. The zero-order valence-electron chi connectivity index (χ0n) is 13.6. The molecule has 0 bridgehead atoms. The first kappa shape index (κ1) is 15.1. The Balaban J connectivity index is 1.73. The van der Waals surface area contributed by atoms with Gasteiger partial charge in [-0.05, 0) is 49.8 Å². The summed E-state index contributed by atoms with van der Waals surface area (Å²) in [7, 11) is 0. The maximum atomic E-state index is 12.4. The first-order valence-corrected chi connectivity index (χ1v) is 8.10. The van der Waals surface area contributed by atoms with Gasteiger partial charge in [0.15, 0.2) is 0 Å². The molecule has 1 N–H and O–H groups in total. The molecule has 1 saturated heterocycles. The van der Waals surface area contributed by atoms with Crippen molar-refractivity contribution in [3.05, 3.63) is 29.3 Å². The molecule has 1 aromatic rings. The number of anilines is 1. The van der Waals surface area contributed by atoms with E-state index in [-0.39, 0.29) is 11.8 Å². The van der Waals surface area contributed by atoms with Crippen LogP contribution in [0.3, 0.4) is 0 Å². The second-order valence-corrected chi connectivity index (χ2v) is 7.20. The third-order valence-corrected chi connectivity index (χ3v) is 5.06. The number of carbonyl (C=O) groups is 2. The molecule has 2 aliphatic heterocycles. The molecule has 0 radical (unpaired) electrons. The Labute approximate surface area is 131 Å². The van der Waals surface area contributed by atoms with Crippen LogP contribution in [-0.2, 0) is 21.4 Å². The number of nitrogens with zero attached hydrogens (tertiary/aromatic N) is 1.